The number of carbonyl (C=O) groups excluding carboxylic acids is 1. The summed E-state index contributed by atoms with van der Waals surface area (Å²) in [6.45, 7) is 4.02. The van der Waals surface area contributed by atoms with Crippen molar-refractivity contribution in [3.05, 3.63) is 71.2 Å². The number of pyridine rings is 1. The zero-order valence-electron chi connectivity index (χ0n) is 19.7. The highest BCUT2D eigenvalue weighted by molar-refractivity contribution is 5.97. The van der Waals surface area contributed by atoms with Gasteiger partial charge in [0.1, 0.15) is 0 Å². The molecule has 1 aromatic carbocycles. The van der Waals surface area contributed by atoms with Crippen molar-refractivity contribution >= 4 is 29.7 Å². The number of nitrogens with one attached hydrogen (secondary N) is 2. The van der Waals surface area contributed by atoms with Gasteiger partial charge in [-0.2, -0.15) is 13.2 Å². The number of para-hydroxylation sites is 1. The van der Waals surface area contributed by atoms with E-state index in [1.54, 1.807) is 0 Å². The number of alkyl halides is 3. The number of hydrogen-bond donors (Lipinski definition) is 3. The number of aromatic nitrogens is 2. The zero-order chi connectivity index (χ0) is 26.4. The quantitative estimate of drug-likeness (QED) is 0.486. The van der Waals surface area contributed by atoms with E-state index in [9.17, 15) is 18.0 Å². The Kier molecular flexibility index (Phi) is 7.92. The summed E-state index contributed by atoms with van der Waals surface area (Å²) >= 11 is 0. The topological polar surface area (TPSA) is 108 Å². The summed E-state index contributed by atoms with van der Waals surface area (Å²) < 4.78 is 37.2. The van der Waals surface area contributed by atoms with E-state index in [-0.39, 0.29) is 5.91 Å². The second-order valence-corrected chi connectivity index (χ2v) is 8.35. The summed E-state index contributed by atoms with van der Waals surface area (Å²) in [4.78, 5) is 31.2. The van der Waals surface area contributed by atoms with Crippen molar-refractivity contribution in [1.29, 1.82) is 0 Å². The molecule has 2 aliphatic heterocycles. The van der Waals surface area contributed by atoms with E-state index < -0.39 is 12.1 Å². The molecule has 3 aromatic rings. The predicted molar refractivity (Wildman–Crippen MR) is 132 cm³/mol. The molecule has 4 heterocycles. The molecule has 0 spiro atoms. The van der Waals surface area contributed by atoms with Crippen LogP contribution in [0.15, 0.2) is 48.7 Å². The van der Waals surface area contributed by atoms with Crippen molar-refractivity contribution in [2.45, 2.75) is 12.6 Å². The first-order chi connectivity index (χ1) is 17.7. The smallest absolute Gasteiger partial charge is 0.475 e. The van der Waals surface area contributed by atoms with Gasteiger partial charge in [0.2, 0.25) is 0 Å². The Labute approximate surface area is 210 Å². The standard InChI is InChI=1S/C24H24N4O2.C2HF3O2/c29-24-20-16-22(27-21(20)8-10-26-24)18-7-9-25-19(15-18)6-5-17-3-1-2-4-23(17)28-11-13-30-14-12-28;3-2(4,5)1(6)7/h1-7,9,15-16,27H,8,10-14H2,(H,26,29);(H,6,7)/b6-5+;. The summed E-state index contributed by atoms with van der Waals surface area (Å²) in [5.41, 5.74) is 6.97. The van der Waals surface area contributed by atoms with Gasteiger partial charge in [0, 0.05) is 54.9 Å². The number of nitrogens with zero attached hydrogens (tertiary/aromatic N) is 2. The summed E-state index contributed by atoms with van der Waals surface area (Å²) in [6, 6.07) is 14.4. The Balaban J connectivity index is 0.000000405. The maximum atomic E-state index is 12.1. The van der Waals surface area contributed by atoms with Crippen LogP contribution in [0.2, 0.25) is 0 Å². The number of amides is 1. The summed E-state index contributed by atoms with van der Waals surface area (Å²) in [7, 11) is 0. The van der Waals surface area contributed by atoms with Crippen molar-refractivity contribution in [3.8, 4) is 11.3 Å². The van der Waals surface area contributed by atoms with E-state index >= 15 is 0 Å². The molecular weight excluding hydrogens is 489 g/mol. The summed E-state index contributed by atoms with van der Waals surface area (Å²) in [5.74, 6) is -2.76. The lowest BCUT2D eigenvalue weighted by molar-refractivity contribution is -0.192. The Bertz CT molecular complexity index is 1300. The van der Waals surface area contributed by atoms with Crippen LogP contribution in [0.5, 0.6) is 0 Å². The van der Waals surface area contributed by atoms with Gasteiger partial charge in [-0.15, -0.1) is 0 Å². The molecule has 0 radical (unpaired) electrons. The van der Waals surface area contributed by atoms with Gasteiger partial charge in [0.15, 0.2) is 0 Å². The van der Waals surface area contributed by atoms with Crippen LogP contribution in [0, 0.1) is 0 Å². The number of morpholine rings is 1. The molecule has 37 heavy (non-hydrogen) atoms. The number of hydrogen-bond acceptors (Lipinski definition) is 5. The summed E-state index contributed by atoms with van der Waals surface area (Å²) in [5, 5.41) is 10.0. The van der Waals surface area contributed by atoms with Gasteiger partial charge in [-0.05, 0) is 35.9 Å². The maximum absolute atomic E-state index is 12.1. The van der Waals surface area contributed by atoms with Crippen molar-refractivity contribution in [2.75, 3.05) is 37.7 Å². The highest BCUT2D eigenvalue weighted by Crippen LogP contribution is 2.26. The highest BCUT2D eigenvalue weighted by Gasteiger charge is 2.38. The number of carbonyl (C=O) groups is 2. The first kappa shape index (κ1) is 26.0. The van der Waals surface area contributed by atoms with Gasteiger partial charge < -0.3 is 25.0 Å². The monoisotopic (exact) mass is 514 g/mol. The second kappa shape index (κ2) is 11.3. The number of fused-ring (bicyclic) bond motifs is 1. The molecule has 11 heteroatoms. The Hall–Kier alpha value is -4.12. The van der Waals surface area contributed by atoms with Crippen molar-refractivity contribution in [3.63, 3.8) is 0 Å². The fraction of sp³-hybridized carbons (Fsp3) is 0.269. The minimum Gasteiger partial charge on any atom is -0.475 e. The summed E-state index contributed by atoms with van der Waals surface area (Å²) in [6.07, 6.45) is 1.71. The normalized spacial score (nSPS) is 15.5. The van der Waals surface area contributed by atoms with E-state index in [0.717, 1.165) is 60.9 Å². The zero-order valence-corrected chi connectivity index (χ0v) is 19.7. The molecule has 5 rings (SSSR count). The molecule has 2 aliphatic rings. The number of anilines is 1. The lowest BCUT2D eigenvalue weighted by atomic mass is 10.1. The minimum absolute atomic E-state index is 0.00681. The van der Waals surface area contributed by atoms with E-state index in [0.29, 0.717) is 6.54 Å². The molecule has 0 bridgehead atoms. The molecular formula is C26H25F3N4O4. The number of benzene rings is 1. The number of carboxylic acids is 1. The van der Waals surface area contributed by atoms with Crippen molar-refractivity contribution in [1.82, 2.24) is 15.3 Å². The van der Waals surface area contributed by atoms with E-state index in [2.05, 4.69) is 50.5 Å². The third kappa shape index (κ3) is 6.56. The molecule has 0 atom stereocenters. The molecule has 1 fully saturated rings. The van der Waals surface area contributed by atoms with Crippen LogP contribution < -0.4 is 10.2 Å². The average Bonchev–Trinajstić information content (AvgIpc) is 3.34. The van der Waals surface area contributed by atoms with Gasteiger partial charge in [-0.3, -0.25) is 9.78 Å². The molecule has 194 valence electrons. The fourth-order valence-corrected chi connectivity index (χ4v) is 4.05. The van der Waals surface area contributed by atoms with Crippen LogP contribution in [-0.2, 0) is 16.0 Å². The number of carboxylic acid groups (broad SMARTS) is 1. The molecule has 3 N–H and O–H groups in total. The SMILES string of the molecule is O=C(O)C(F)(F)F.O=C1NCCc2[nH]c(-c3ccnc(/C=C/c4ccccc4N4CCOCC4)c3)cc21. The van der Waals surface area contributed by atoms with Crippen LogP contribution >= 0.6 is 0 Å². The predicted octanol–water partition coefficient (Wildman–Crippen LogP) is 4.00. The first-order valence-corrected chi connectivity index (χ1v) is 11.6. The largest absolute Gasteiger partial charge is 0.490 e. The van der Waals surface area contributed by atoms with Crippen LogP contribution in [-0.4, -0.2) is 66.0 Å². The number of H-pyrrole nitrogens is 1. The number of halogens is 3. The van der Waals surface area contributed by atoms with Crippen LogP contribution in [0.3, 0.4) is 0 Å². The van der Waals surface area contributed by atoms with Crippen LogP contribution in [0.1, 0.15) is 27.3 Å². The number of rotatable bonds is 4. The van der Waals surface area contributed by atoms with Gasteiger partial charge in [0.05, 0.1) is 24.5 Å². The molecule has 0 aliphatic carbocycles. The van der Waals surface area contributed by atoms with Gasteiger partial charge >= 0.3 is 12.1 Å². The Morgan fingerprint density at radius 3 is 2.54 bits per heavy atom. The first-order valence-electron chi connectivity index (χ1n) is 11.6. The molecule has 1 saturated heterocycles. The van der Waals surface area contributed by atoms with E-state index in [1.165, 1.54) is 11.3 Å². The molecule has 0 unspecified atom stereocenters. The van der Waals surface area contributed by atoms with Crippen molar-refractivity contribution < 1.29 is 32.6 Å². The number of ether oxygens (including phenoxy) is 1. The maximum Gasteiger partial charge on any atom is 0.490 e. The fourth-order valence-electron chi connectivity index (χ4n) is 4.05. The Morgan fingerprint density at radius 1 is 1.11 bits per heavy atom. The molecule has 2 aromatic heterocycles. The van der Waals surface area contributed by atoms with Crippen LogP contribution in [0.4, 0.5) is 18.9 Å². The lowest BCUT2D eigenvalue weighted by Crippen LogP contribution is -2.36. The Morgan fingerprint density at radius 2 is 1.84 bits per heavy atom. The molecule has 1 amide bonds. The molecule has 0 saturated carbocycles. The number of aromatic amines is 1. The highest BCUT2D eigenvalue weighted by atomic mass is 19.4. The third-order valence-electron chi connectivity index (χ3n) is 5.86. The van der Waals surface area contributed by atoms with Gasteiger partial charge in [0.25, 0.3) is 5.91 Å². The average molecular weight is 515 g/mol. The minimum atomic E-state index is -5.08. The van der Waals surface area contributed by atoms with E-state index in [4.69, 9.17) is 14.6 Å². The van der Waals surface area contributed by atoms with Gasteiger partial charge in [-0.1, -0.05) is 24.3 Å². The second-order valence-electron chi connectivity index (χ2n) is 8.35. The van der Waals surface area contributed by atoms with Gasteiger partial charge in [-0.25, -0.2) is 4.79 Å². The lowest BCUT2D eigenvalue weighted by Gasteiger charge is -2.30. The van der Waals surface area contributed by atoms with Crippen molar-refractivity contribution in [2.24, 2.45) is 0 Å². The molecule has 8 nitrogen and oxygen atoms in total. The number of aliphatic carboxylic acids is 1. The van der Waals surface area contributed by atoms with Crippen LogP contribution in [0.25, 0.3) is 23.4 Å². The van der Waals surface area contributed by atoms with E-state index in [1.807, 2.05) is 30.5 Å². The third-order valence-corrected chi connectivity index (χ3v) is 5.86.